The van der Waals surface area contributed by atoms with Crippen LogP contribution in [-0.4, -0.2) is 19.1 Å². The molecule has 0 saturated heterocycles. The molecule has 17 heavy (non-hydrogen) atoms. The molecule has 3 nitrogen and oxygen atoms in total. The van der Waals surface area contributed by atoms with Crippen molar-refractivity contribution in [2.45, 2.75) is 26.8 Å². The fourth-order valence-electron chi connectivity index (χ4n) is 2.01. The number of aromatic nitrogens is 1. The van der Waals surface area contributed by atoms with Crippen LogP contribution in [0.4, 0.5) is 0 Å². The zero-order chi connectivity index (χ0) is 12.4. The molecule has 2 N–H and O–H groups in total. The first kappa shape index (κ1) is 12.2. The second-order valence-electron chi connectivity index (χ2n) is 4.25. The van der Waals surface area contributed by atoms with Crippen molar-refractivity contribution in [3.63, 3.8) is 0 Å². The summed E-state index contributed by atoms with van der Waals surface area (Å²) < 4.78 is 4.66. The summed E-state index contributed by atoms with van der Waals surface area (Å²) in [5.41, 5.74) is 2.53. The van der Waals surface area contributed by atoms with E-state index in [1.54, 1.807) is 0 Å². The summed E-state index contributed by atoms with van der Waals surface area (Å²) in [6.45, 7) is 6.52. The third-order valence-electron chi connectivity index (χ3n) is 2.70. The van der Waals surface area contributed by atoms with E-state index >= 15 is 0 Å². The fourth-order valence-corrected chi connectivity index (χ4v) is 4.19. The summed E-state index contributed by atoms with van der Waals surface area (Å²) >= 11 is 0.254. The standard InChI is InChI=1S/C13H17N3Se/c1-9(2)16-12(10(3)17-13(16)15-14)11-7-5-4-6-8-11/h4-9H,14H2,1-3H3/b15-13+. The van der Waals surface area contributed by atoms with Crippen molar-refractivity contribution in [2.24, 2.45) is 10.9 Å². The molecule has 0 amide bonds. The molecule has 0 spiro atoms. The molecule has 1 aromatic carbocycles. The van der Waals surface area contributed by atoms with Crippen LogP contribution in [0, 0.1) is 6.92 Å². The van der Waals surface area contributed by atoms with Crippen LogP contribution in [0.3, 0.4) is 0 Å². The Morgan fingerprint density at radius 2 is 1.88 bits per heavy atom. The number of nitrogens with zero attached hydrogens (tertiary/aromatic N) is 2. The summed E-state index contributed by atoms with van der Waals surface area (Å²) in [6, 6.07) is 10.8. The summed E-state index contributed by atoms with van der Waals surface area (Å²) in [6.07, 6.45) is 0. The van der Waals surface area contributed by atoms with E-state index in [1.807, 2.05) is 6.07 Å². The van der Waals surface area contributed by atoms with Crippen LogP contribution in [-0.2, 0) is 0 Å². The van der Waals surface area contributed by atoms with Crippen LogP contribution in [0.15, 0.2) is 35.4 Å². The first-order chi connectivity index (χ1) is 8.15. The molecular weight excluding hydrogens is 277 g/mol. The number of hydrogen-bond donors (Lipinski definition) is 1. The Bertz CT molecular complexity index is 564. The van der Waals surface area contributed by atoms with Crippen molar-refractivity contribution in [2.75, 3.05) is 0 Å². The van der Waals surface area contributed by atoms with Crippen molar-refractivity contribution in [3.8, 4) is 11.3 Å². The van der Waals surface area contributed by atoms with Gasteiger partial charge < -0.3 is 0 Å². The van der Waals surface area contributed by atoms with E-state index in [0.717, 1.165) is 4.36 Å². The SMILES string of the molecule is Cc1[se]/c(=N/N)n(C(C)C)c1-c1ccccc1. The van der Waals surface area contributed by atoms with E-state index in [4.69, 9.17) is 5.84 Å². The molecule has 0 saturated carbocycles. The number of rotatable bonds is 2. The number of aryl methyl sites for hydroxylation is 1. The van der Waals surface area contributed by atoms with Crippen LogP contribution in [0.2, 0.25) is 0 Å². The van der Waals surface area contributed by atoms with Gasteiger partial charge in [-0.05, 0) is 0 Å². The zero-order valence-corrected chi connectivity index (χ0v) is 12.1. The minimum absolute atomic E-state index is 0.254. The van der Waals surface area contributed by atoms with E-state index in [0.29, 0.717) is 6.04 Å². The van der Waals surface area contributed by atoms with E-state index in [1.165, 1.54) is 15.7 Å². The number of nitrogens with two attached hydrogens (primary N) is 1. The average Bonchev–Trinajstić information content (AvgIpc) is 2.67. The molecule has 0 radical (unpaired) electrons. The summed E-state index contributed by atoms with van der Waals surface area (Å²) in [5.74, 6) is 5.50. The van der Waals surface area contributed by atoms with Gasteiger partial charge in [0.2, 0.25) is 0 Å². The van der Waals surface area contributed by atoms with Gasteiger partial charge in [0.15, 0.2) is 0 Å². The van der Waals surface area contributed by atoms with Crippen molar-refractivity contribution < 1.29 is 0 Å². The maximum absolute atomic E-state index is 5.50. The maximum atomic E-state index is 5.50. The Kier molecular flexibility index (Phi) is 3.55. The Labute approximate surface area is 107 Å². The van der Waals surface area contributed by atoms with E-state index < -0.39 is 0 Å². The first-order valence-corrected chi connectivity index (χ1v) is 7.37. The van der Waals surface area contributed by atoms with Crippen LogP contribution < -0.4 is 10.2 Å². The van der Waals surface area contributed by atoms with Gasteiger partial charge in [-0.3, -0.25) is 0 Å². The van der Waals surface area contributed by atoms with Gasteiger partial charge in [0, 0.05) is 0 Å². The van der Waals surface area contributed by atoms with Gasteiger partial charge in [0.05, 0.1) is 0 Å². The van der Waals surface area contributed by atoms with Crippen molar-refractivity contribution in [1.82, 2.24) is 4.57 Å². The van der Waals surface area contributed by atoms with Gasteiger partial charge in [-0.2, -0.15) is 0 Å². The molecule has 0 unspecified atom stereocenters. The molecule has 1 heterocycles. The van der Waals surface area contributed by atoms with Gasteiger partial charge in [0.1, 0.15) is 0 Å². The van der Waals surface area contributed by atoms with Gasteiger partial charge in [-0.25, -0.2) is 0 Å². The molecule has 0 bridgehead atoms. The monoisotopic (exact) mass is 295 g/mol. The van der Waals surface area contributed by atoms with Gasteiger partial charge in [-0.15, -0.1) is 0 Å². The molecular formula is C13H17N3Se. The second-order valence-corrected chi connectivity index (χ2v) is 6.73. The molecule has 1 aromatic heterocycles. The average molecular weight is 294 g/mol. The predicted octanol–water partition coefficient (Wildman–Crippen LogP) is 1.88. The topological polar surface area (TPSA) is 43.3 Å². The van der Waals surface area contributed by atoms with Gasteiger partial charge in [-0.1, -0.05) is 0 Å². The van der Waals surface area contributed by atoms with Crippen LogP contribution in [0.1, 0.15) is 24.3 Å². The normalized spacial score (nSPS) is 12.4. The summed E-state index contributed by atoms with van der Waals surface area (Å²) in [7, 11) is 0. The Morgan fingerprint density at radius 1 is 1.24 bits per heavy atom. The Hall–Kier alpha value is -1.25. The van der Waals surface area contributed by atoms with Crippen molar-refractivity contribution >= 4 is 14.5 Å². The number of benzene rings is 1. The van der Waals surface area contributed by atoms with Crippen molar-refractivity contribution in [3.05, 3.63) is 39.1 Å². The zero-order valence-electron chi connectivity index (χ0n) is 10.3. The molecule has 90 valence electrons. The molecule has 0 fully saturated rings. The molecule has 0 aliphatic heterocycles. The molecule has 0 aliphatic rings. The van der Waals surface area contributed by atoms with Crippen LogP contribution >= 0.6 is 0 Å². The Balaban J connectivity index is 2.74. The Morgan fingerprint density at radius 3 is 2.41 bits per heavy atom. The van der Waals surface area contributed by atoms with Gasteiger partial charge in [0.25, 0.3) is 0 Å². The second kappa shape index (κ2) is 4.94. The van der Waals surface area contributed by atoms with E-state index in [2.05, 4.69) is 54.7 Å². The first-order valence-electron chi connectivity index (χ1n) is 5.66. The molecule has 0 atom stereocenters. The van der Waals surface area contributed by atoms with Gasteiger partial charge >= 0.3 is 107 Å². The molecule has 0 aliphatic carbocycles. The molecule has 4 heteroatoms. The van der Waals surface area contributed by atoms with Crippen molar-refractivity contribution in [1.29, 1.82) is 0 Å². The van der Waals surface area contributed by atoms with Crippen LogP contribution in [0.25, 0.3) is 11.3 Å². The molecule has 2 rings (SSSR count). The van der Waals surface area contributed by atoms with E-state index in [-0.39, 0.29) is 14.5 Å². The third kappa shape index (κ3) is 2.24. The third-order valence-corrected chi connectivity index (χ3v) is 4.76. The number of hydrogen-bond acceptors (Lipinski definition) is 2. The van der Waals surface area contributed by atoms with Crippen LogP contribution in [0.5, 0.6) is 0 Å². The summed E-state index contributed by atoms with van der Waals surface area (Å²) in [5, 5.41) is 3.95. The predicted molar refractivity (Wildman–Crippen MR) is 71.7 cm³/mol. The quantitative estimate of drug-likeness (QED) is 0.513. The minimum atomic E-state index is 0.254. The summed E-state index contributed by atoms with van der Waals surface area (Å²) in [4.78, 5) is 0. The fraction of sp³-hybridized carbons (Fsp3) is 0.308. The van der Waals surface area contributed by atoms with E-state index in [9.17, 15) is 0 Å². The molecule has 2 aromatic rings.